The van der Waals surface area contributed by atoms with Crippen LogP contribution in [0.15, 0.2) is 41.1 Å². The van der Waals surface area contributed by atoms with Gasteiger partial charge < -0.3 is 14.7 Å². The Labute approximate surface area is 167 Å². The molecule has 1 N–H and O–H groups in total. The lowest BCUT2D eigenvalue weighted by atomic mass is 10.0. The average Bonchev–Trinajstić information content (AvgIpc) is 3.21. The van der Waals surface area contributed by atoms with Crippen molar-refractivity contribution >= 4 is 17.6 Å². The Balaban J connectivity index is 2.00. The molecule has 28 heavy (non-hydrogen) atoms. The van der Waals surface area contributed by atoms with E-state index in [1.54, 1.807) is 11.0 Å². The van der Waals surface area contributed by atoms with Crippen LogP contribution < -0.4 is 5.32 Å². The van der Waals surface area contributed by atoms with Gasteiger partial charge in [0.2, 0.25) is 5.91 Å². The Bertz CT molecular complexity index is 726. The molecule has 0 bridgehead atoms. The molecule has 1 aromatic heterocycles. The first-order chi connectivity index (χ1) is 13.5. The van der Waals surface area contributed by atoms with Crippen molar-refractivity contribution in [3.8, 4) is 0 Å². The molecule has 1 heterocycles. The van der Waals surface area contributed by atoms with Gasteiger partial charge in [-0.1, -0.05) is 50.4 Å². The van der Waals surface area contributed by atoms with Crippen molar-refractivity contribution in [2.24, 2.45) is 0 Å². The molecule has 2 rings (SSSR count). The van der Waals surface area contributed by atoms with Crippen LogP contribution in [-0.2, 0) is 11.2 Å². The van der Waals surface area contributed by atoms with Crippen LogP contribution in [0.5, 0.6) is 0 Å². The Kier molecular flexibility index (Phi) is 8.72. The molecule has 152 valence electrons. The monoisotopic (exact) mass is 385 g/mol. The van der Waals surface area contributed by atoms with E-state index in [0.29, 0.717) is 11.4 Å². The molecule has 1 atom stereocenters. The minimum atomic E-state index is -0.296. The third-order valence-electron chi connectivity index (χ3n) is 4.92. The second-order valence-corrected chi connectivity index (χ2v) is 7.13. The highest BCUT2D eigenvalue weighted by molar-refractivity contribution is 5.99. The van der Waals surface area contributed by atoms with Crippen molar-refractivity contribution in [2.75, 3.05) is 11.9 Å². The van der Waals surface area contributed by atoms with E-state index in [0.717, 1.165) is 12.8 Å². The van der Waals surface area contributed by atoms with Crippen LogP contribution in [0.2, 0.25) is 0 Å². The molecule has 2 amide bonds. The summed E-state index contributed by atoms with van der Waals surface area (Å²) < 4.78 is 4.71. The third kappa shape index (κ3) is 6.51. The summed E-state index contributed by atoms with van der Waals surface area (Å²) in [5.74, 6) is -0.0914. The number of benzene rings is 1. The Morgan fingerprint density at radius 2 is 1.86 bits per heavy atom. The number of aromatic nitrogens is 1. The summed E-state index contributed by atoms with van der Waals surface area (Å²) in [5, 5.41) is 6.31. The molecular formula is C22H31N3O3. The van der Waals surface area contributed by atoms with E-state index < -0.39 is 0 Å². The van der Waals surface area contributed by atoms with Gasteiger partial charge in [0.15, 0.2) is 5.82 Å². The lowest BCUT2D eigenvalue weighted by molar-refractivity contribution is -0.117. The second-order valence-electron chi connectivity index (χ2n) is 7.13. The molecule has 1 unspecified atom stereocenters. The number of hydrogen-bond donors (Lipinski definition) is 1. The van der Waals surface area contributed by atoms with Crippen LogP contribution >= 0.6 is 0 Å². The van der Waals surface area contributed by atoms with Crippen molar-refractivity contribution in [3.63, 3.8) is 0 Å². The van der Waals surface area contributed by atoms with E-state index in [9.17, 15) is 9.59 Å². The van der Waals surface area contributed by atoms with Crippen molar-refractivity contribution < 1.29 is 14.1 Å². The molecule has 0 saturated carbocycles. The van der Waals surface area contributed by atoms with Gasteiger partial charge in [0.1, 0.15) is 12.8 Å². The summed E-state index contributed by atoms with van der Waals surface area (Å²) in [6.45, 7) is 6.12. The summed E-state index contributed by atoms with van der Waals surface area (Å²) in [7, 11) is 0. The van der Waals surface area contributed by atoms with Gasteiger partial charge in [-0.3, -0.25) is 9.59 Å². The van der Waals surface area contributed by atoms with Gasteiger partial charge >= 0.3 is 0 Å². The largest absolute Gasteiger partial charge is 0.363 e. The number of amides is 2. The maximum Gasteiger partial charge on any atom is 0.254 e. The molecule has 0 radical (unpaired) electrons. The summed E-state index contributed by atoms with van der Waals surface area (Å²) in [5.41, 5.74) is 1.85. The number of aryl methyl sites for hydroxylation is 1. The highest BCUT2D eigenvalue weighted by atomic mass is 16.5. The van der Waals surface area contributed by atoms with Crippen molar-refractivity contribution in [1.29, 1.82) is 0 Å². The predicted octanol–water partition coefficient (Wildman–Crippen LogP) is 4.68. The van der Waals surface area contributed by atoms with E-state index in [4.69, 9.17) is 4.52 Å². The molecule has 6 nitrogen and oxygen atoms in total. The van der Waals surface area contributed by atoms with Crippen LogP contribution in [0.4, 0.5) is 5.82 Å². The molecule has 0 aliphatic carbocycles. The van der Waals surface area contributed by atoms with E-state index in [1.807, 2.05) is 38.1 Å². The number of nitrogens with one attached hydrogen (secondary N) is 1. The third-order valence-corrected chi connectivity index (χ3v) is 4.92. The molecule has 0 fully saturated rings. The maximum atomic E-state index is 13.0. The maximum absolute atomic E-state index is 13.0. The van der Waals surface area contributed by atoms with Crippen molar-refractivity contribution in [3.05, 3.63) is 47.7 Å². The van der Waals surface area contributed by atoms with Gasteiger partial charge in [-0.15, -0.1) is 0 Å². The SMILES string of the molecule is CCCCCCc1ccc(C(=O)N(CC(=O)Nc2ccon2)C(C)CC)cc1. The fraction of sp³-hybridized carbons (Fsp3) is 0.500. The standard InChI is InChI=1S/C22H31N3O3/c1-4-6-7-8-9-18-10-12-19(13-11-18)22(27)25(17(3)5-2)16-21(26)23-20-14-15-28-24-20/h10-15,17H,4-9,16H2,1-3H3,(H,23,24,26). The fourth-order valence-electron chi connectivity index (χ4n) is 3.00. The summed E-state index contributed by atoms with van der Waals surface area (Å²) in [4.78, 5) is 26.9. The minimum Gasteiger partial charge on any atom is -0.363 e. The van der Waals surface area contributed by atoms with E-state index >= 15 is 0 Å². The van der Waals surface area contributed by atoms with Crippen LogP contribution in [0.1, 0.15) is 68.8 Å². The molecule has 0 aliphatic heterocycles. The zero-order valence-electron chi connectivity index (χ0n) is 17.1. The first-order valence-corrected chi connectivity index (χ1v) is 10.1. The van der Waals surface area contributed by atoms with Gasteiger partial charge in [0.05, 0.1) is 0 Å². The predicted molar refractivity (Wildman–Crippen MR) is 110 cm³/mol. The van der Waals surface area contributed by atoms with Crippen LogP contribution in [-0.4, -0.2) is 34.5 Å². The van der Waals surface area contributed by atoms with E-state index in [1.165, 1.54) is 37.5 Å². The zero-order chi connectivity index (χ0) is 20.4. The average molecular weight is 386 g/mol. The number of carbonyl (C=O) groups is 2. The summed E-state index contributed by atoms with van der Waals surface area (Å²) in [6.07, 6.45) is 8.07. The Morgan fingerprint density at radius 1 is 1.11 bits per heavy atom. The van der Waals surface area contributed by atoms with Gasteiger partial charge in [-0.2, -0.15) is 0 Å². The first kappa shape index (κ1) is 21.7. The van der Waals surface area contributed by atoms with Gasteiger partial charge in [-0.05, 0) is 43.9 Å². The summed E-state index contributed by atoms with van der Waals surface area (Å²) in [6, 6.07) is 9.27. The lowest BCUT2D eigenvalue weighted by Crippen LogP contribution is -2.43. The van der Waals surface area contributed by atoms with Crippen molar-refractivity contribution in [1.82, 2.24) is 10.1 Å². The second kappa shape index (κ2) is 11.3. The van der Waals surface area contributed by atoms with Crippen LogP contribution in [0.25, 0.3) is 0 Å². The lowest BCUT2D eigenvalue weighted by Gasteiger charge is -2.28. The van der Waals surface area contributed by atoms with Gasteiger partial charge in [0, 0.05) is 17.7 Å². The Morgan fingerprint density at radius 3 is 2.46 bits per heavy atom. The fourth-order valence-corrected chi connectivity index (χ4v) is 3.00. The minimum absolute atomic E-state index is 0.0283. The molecule has 2 aromatic rings. The number of hydrogen-bond acceptors (Lipinski definition) is 4. The normalized spacial score (nSPS) is 11.8. The number of rotatable bonds is 11. The number of anilines is 1. The molecule has 6 heteroatoms. The summed E-state index contributed by atoms with van der Waals surface area (Å²) >= 11 is 0. The zero-order valence-corrected chi connectivity index (χ0v) is 17.1. The molecule has 0 aliphatic rings. The number of carbonyl (C=O) groups excluding carboxylic acids is 2. The molecular weight excluding hydrogens is 354 g/mol. The first-order valence-electron chi connectivity index (χ1n) is 10.1. The van der Waals surface area contributed by atoms with Gasteiger partial charge in [-0.25, -0.2) is 0 Å². The smallest absolute Gasteiger partial charge is 0.254 e. The number of unbranched alkanes of at least 4 members (excludes halogenated alkanes) is 3. The number of nitrogens with zero attached hydrogens (tertiary/aromatic N) is 2. The molecule has 0 spiro atoms. The highest BCUT2D eigenvalue weighted by Crippen LogP contribution is 2.14. The molecule has 0 saturated heterocycles. The highest BCUT2D eigenvalue weighted by Gasteiger charge is 2.23. The van der Waals surface area contributed by atoms with E-state index in [-0.39, 0.29) is 24.4 Å². The van der Waals surface area contributed by atoms with Crippen LogP contribution in [0.3, 0.4) is 0 Å². The Hall–Kier alpha value is -2.63. The molecule has 1 aromatic carbocycles. The quantitative estimate of drug-likeness (QED) is 0.570. The van der Waals surface area contributed by atoms with E-state index in [2.05, 4.69) is 17.4 Å². The van der Waals surface area contributed by atoms with Crippen molar-refractivity contribution in [2.45, 2.75) is 65.3 Å². The van der Waals surface area contributed by atoms with Gasteiger partial charge in [0.25, 0.3) is 5.91 Å². The topological polar surface area (TPSA) is 75.4 Å². The van der Waals surface area contributed by atoms with Crippen LogP contribution in [0, 0.1) is 0 Å².